The van der Waals surface area contributed by atoms with Crippen LogP contribution in [-0.4, -0.2) is 49.6 Å². The third-order valence-electron chi connectivity index (χ3n) is 5.41. The maximum atomic E-state index is 11.6. The van der Waals surface area contributed by atoms with Crippen LogP contribution >= 0.6 is 0 Å². The lowest BCUT2D eigenvalue weighted by molar-refractivity contribution is -0.111. The third kappa shape index (κ3) is 3.61. The van der Waals surface area contributed by atoms with Gasteiger partial charge in [-0.25, -0.2) is 14.8 Å². The molecule has 0 spiro atoms. The standard InChI is InChI=1S/C22H22N6O3/c1-3-16(29)26-15-6-4-14(5-7-15)19-17(13-8-10-28(11-9-13)22(30)31)18-20(23)24-12-25-21(18)27(19)2/h3-8,12H,1,9-11H2,2H3,(H,26,29)(H,30,31)(H2,23,24,25). The van der Waals surface area contributed by atoms with Gasteiger partial charge in [-0.3, -0.25) is 4.79 Å². The van der Waals surface area contributed by atoms with E-state index in [1.54, 1.807) is 0 Å². The molecule has 1 aliphatic heterocycles. The lowest BCUT2D eigenvalue weighted by Crippen LogP contribution is -2.33. The van der Waals surface area contributed by atoms with Gasteiger partial charge >= 0.3 is 6.09 Å². The Bertz CT molecular complexity index is 1230. The van der Waals surface area contributed by atoms with Gasteiger partial charge < -0.3 is 25.6 Å². The molecule has 1 aliphatic rings. The Morgan fingerprint density at radius 3 is 2.61 bits per heavy atom. The average Bonchev–Trinajstić information content (AvgIpc) is 3.08. The molecule has 4 rings (SSSR count). The number of nitrogen functional groups attached to an aromatic ring is 1. The smallest absolute Gasteiger partial charge is 0.407 e. The van der Waals surface area contributed by atoms with Crippen LogP contribution in [0.15, 0.2) is 49.3 Å². The van der Waals surface area contributed by atoms with Gasteiger partial charge in [0, 0.05) is 31.4 Å². The van der Waals surface area contributed by atoms with Crippen molar-refractivity contribution in [1.29, 1.82) is 0 Å². The summed E-state index contributed by atoms with van der Waals surface area (Å²) in [6.45, 7) is 4.17. The molecule has 158 valence electrons. The van der Waals surface area contributed by atoms with Crippen LogP contribution in [0.2, 0.25) is 0 Å². The molecule has 9 nitrogen and oxygen atoms in total. The SMILES string of the molecule is C=CC(=O)Nc1ccc(-c2c(C3=CCN(C(=O)O)CC3)c3c(N)ncnc3n2C)cc1. The quantitative estimate of drug-likeness (QED) is 0.559. The fourth-order valence-corrected chi connectivity index (χ4v) is 3.90. The summed E-state index contributed by atoms with van der Waals surface area (Å²) in [7, 11) is 1.91. The molecule has 1 aromatic carbocycles. The second-order valence-corrected chi connectivity index (χ2v) is 7.22. The van der Waals surface area contributed by atoms with Crippen molar-refractivity contribution in [1.82, 2.24) is 19.4 Å². The van der Waals surface area contributed by atoms with Crippen LogP contribution in [0.1, 0.15) is 12.0 Å². The fourth-order valence-electron chi connectivity index (χ4n) is 3.90. The third-order valence-corrected chi connectivity index (χ3v) is 5.41. The predicted octanol–water partition coefficient (Wildman–Crippen LogP) is 3.11. The van der Waals surface area contributed by atoms with Crippen molar-refractivity contribution in [2.75, 3.05) is 24.1 Å². The number of nitrogens with zero attached hydrogens (tertiary/aromatic N) is 4. The monoisotopic (exact) mass is 418 g/mol. The van der Waals surface area contributed by atoms with Crippen LogP contribution < -0.4 is 11.1 Å². The zero-order chi connectivity index (χ0) is 22.1. The Morgan fingerprint density at radius 1 is 1.26 bits per heavy atom. The highest BCUT2D eigenvalue weighted by atomic mass is 16.4. The number of aryl methyl sites for hydroxylation is 1. The van der Waals surface area contributed by atoms with Crippen molar-refractivity contribution in [2.45, 2.75) is 6.42 Å². The van der Waals surface area contributed by atoms with E-state index < -0.39 is 6.09 Å². The Labute approximate surface area is 178 Å². The summed E-state index contributed by atoms with van der Waals surface area (Å²) in [6, 6.07) is 7.45. The summed E-state index contributed by atoms with van der Waals surface area (Å²) < 4.78 is 1.96. The first kappa shape index (κ1) is 20.1. The highest BCUT2D eigenvalue weighted by Gasteiger charge is 2.25. The summed E-state index contributed by atoms with van der Waals surface area (Å²) in [6.07, 6.45) is 4.18. The van der Waals surface area contributed by atoms with Gasteiger partial charge in [0.25, 0.3) is 0 Å². The summed E-state index contributed by atoms with van der Waals surface area (Å²) in [5.41, 5.74) is 11.3. The van der Waals surface area contributed by atoms with Crippen LogP contribution in [0.25, 0.3) is 27.9 Å². The zero-order valence-corrected chi connectivity index (χ0v) is 17.0. The number of benzene rings is 1. The van der Waals surface area contributed by atoms with Gasteiger partial charge in [-0.2, -0.15) is 0 Å². The van der Waals surface area contributed by atoms with Crippen molar-refractivity contribution < 1.29 is 14.7 Å². The molecule has 31 heavy (non-hydrogen) atoms. The number of anilines is 2. The molecular formula is C22H22N6O3. The molecule has 2 amide bonds. The van der Waals surface area contributed by atoms with Crippen LogP contribution in [0.5, 0.6) is 0 Å². The Balaban J connectivity index is 1.86. The van der Waals surface area contributed by atoms with Crippen molar-refractivity contribution >= 4 is 40.1 Å². The topological polar surface area (TPSA) is 126 Å². The van der Waals surface area contributed by atoms with E-state index in [-0.39, 0.29) is 5.91 Å². The maximum absolute atomic E-state index is 11.6. The first-order valence-corrected chi connectivity index (χ1v) is 9.70. The number of aromatic nitrogens is 3. The molecule has 4 N–H and O–H groups in total. The van der Waals surface area contributed by atoms with Gasteiger partial charge in [0.1, 0.15) is 17.8 Å². The second-order valence-electron chi connectivity index (χ2n) is 7.22. The van der Waals surface area contributed by atoms with E-state index in [4.69, 9.17) is 5.73 Å². The number of carbonyl (C=O) groups is 2. The number of hydrogen-bond acceptors (Lipinski definition) is 5. The van der Waals surface area contributed by atoms with Crippen LogP contribution in [0.3, 0.4) is 0 Å². The van der Waals surface area contributed by atoms with E-state index in [0.29, 0.717) is 36.7 Å². The van der Waals surface area contributed by atoms with Crippen molar-refractivity contribution in [3.63, 3.8) is 0 Å². The molecule has 0 atom stereocenters. The highest BCUT2D eigenvalue weighted by molar-refractivity contribution is 6.04. The first-order chi connectivity index (χ1) is 14.9. The molecule has 0 aliphatic carbocycles. The van der Waals surface area contributed by atoms with E-state index in [2.05, 4.69) is 21.9 Å². The Morgan fingerprint density at radius 2 is 2.00 bits per heavy atom. The van der Waals surface area contributed by atoms with Crippen molar-refractivity contribution in [2.24, 2.45) is 7.05 Å². The molecule has 0 fully saturated rings. The number of nitrogens with two attached hydrogens (primary N) is 1. The van der Waals surface area contributed by atoms with Crippen LogP contribution in [-0.2, 0) is 11.8 Å². The average molecular weight is 418 g/mol. The van der Waals surface area contributed by atoms with Crippen LogP contribution in [0.4, 0.5) is 16.3 Å². The molecule has 3 heterocycles. The van der Waals surface area contributed by atoms with E-state index in [9.17, 15) is 14.7 Å². The summed E-state index contributed by atoms with van der Waals surface area (Å²) in [4.78, 5) is 32.8. The number of carboxylic acid groups (broad SMARTS) is 1. The Hall–Kier alpha value is -4.14. The molecule has 3 aromatic rings. The molecule has 0 saturated carbocycles. The normalized spacial score (nSPS) is 13.7. The molecule has 0 bridgehead atoms. The van der Waals surface area contributed by atoms with E-state index in [1.807, 2.05) is 42.0 Å². The summed E-state index contributed by atoms with van der Waals surface area (Å²) in [5, 5.41) is 12.8. The number of nitrogens with one attached hydrogen (secondary N) is 1. The molecule has 0 radical (unpaired) electrons. The number of hydrogen-bond donors (Lipinski definition) is 3. The van der Waals surface area contributed by atoms with Gasteiger partial charge in [-0.05, 0) is 35.8 Å². The number of fused-ring (bicyclic) bond motifs is 1. The van der Waals surface area contributed by atoms with Gasteiger partial charge in [-0.1, -0.05) is 24.8 Å². The minimum absolute atomic E-state index is 0.281. The Kier molecular flexibility index (Phi) is 5.16. The first-order valence-electron chi connectivity index (χ1n) is 9.70. The molecule has 9 heteroatoms. The predicted molar refractivity (Wildman–Crippen MR) is 119 cm³/mol. The second kappa shape index (κ2) is 7.94. The van der Waals surface area contributed by atoms with Crippen LogP contribution in [0, 0.1) is 0 Å². The lowest BCUT2D eigenvalue weighted by atomic mass is 9.94. The zero-order valence-electron chi connectivity index (χ0n) is 17.0. The fraction of sp³-hybridized carbons (Fsp3) is 0.182. The number of amides is 2. The minimum atomic E-state index is -0.937. The molecule has 2 aromatic heterocycles. The van der Waals surface area contributed by atoms with Gasteiger partial charge in [0.05, 0.1) is 11.1 Å². The number of rotatable bonds is 4. The number of carbonyl (C=O) groups excluding carboxylic acids is 1. The van der Waals surface area contributed by atoms with Gasteiger partial charge in [0.15, 0.2) is 0 Å². The van der Waals surface area contributed by atoms with Gasteiger partial charge in [-0.15, -0.1) is 0 Å². The molecular weight excluding hydrogens is 396 g/mol. The highest BCUT2D eigenvalue weighted by Crippen LogP contribution is 2.40. The van der Waals surface area contributed by atoms with Gasteiger partial charge in [0.2, 0.25) is 5.91 Å². The van der Waals surface area contributed by atoms with Crippen molar-refractivity contribution in [3.05, 3.63) is 54.9 Å². The lowest BCUT2D eigenvalue weighted by Gasteiger charge is -2.24. The molecule has 0 unspecified atom stereocenters. The minimum Gasteiger partial charge on any atom is -0.465 e. The van der Waals surface area contributed by atoms with E-state index >= 15 is 0 Å². The van der Waals surface area contributed by atoms with E-state index in [1.165, 1.54) is 17.3 Å². The summed E-state index contributed by atoms with van der Waals surface area (Å²) in [5.74, 6) is 0.0923. The molecule has 0 saturated heterocycles. The summed E-state index contributed by atoms with van der Waals surface area (Å²) >= 11 is 0. The maximum Gasteiger partial charge on any atom is 0.407 e. The van der Waals surface area contributed by atoms with E-state index in [0.717, 1.165) is 27.8 Å². The van der Waals surface area contributed by atoms with Crippen molar-refractivity contribution in [3.8, 4) is 11.3 Å². The largest absolute Gasteiger partial charge is 0.465 e.